The molecule has 0 spiro atoms. The fraction of sp³-hybridized carbons (Fsp3) is 0.250. The van der Waals surface area contributed by atoms with Crippen LogP contribution in [-0.2, 0) is 16.2 Å². The highest BCUT2D eigenvalue weighted by Crippen LogP contribution is 2.50. The van der Waals surface area contributed by atoms with E-state index < -0.39 is 0 Å². The van der Waals surface area contributed by atoms with Gasteiger partial charge in [0, 0.05) is 34.5 Å². The van der Waals surface area contributed by atoms with Gasteiger partial charge in [-0.2, -0.15) is 9.97 Å². The molecule has 4 aromatic rings. The van der Waals surface area contributed by atoms with Gasteiger partial charge < -0.3 is 0 Å². The van der Waals surface area contributed by atoms with Crippen molar-refractivity contribution < 1.29 is 0 Å². The van der Waals surface area contributed by atoms with Crippen LogP contribution in [0.25, 0.3) is 57.6 Å². The number of nitrogens with zero attached hydrogens (tertiary/aromatic N) is 4. The highest BCUT2D eigenvalue weighted by Gasteiger charge is 2.38. The zero-order valence-corrected chi connectivity index (χ0v) is 29.2. The molecule has 2 heterocycles. The Bertz CT molecular complexity index is 2280. The lowest BCUT2D eigenvalue weighted by molar-refractivity contribution is 0.590. The fourth-order valence-electron chi connectivity index (χ4n) is 7.50. The zero-order chi connectivity index (χ0) is 33.6. The van der Waals surface area contributed by atoms with Crippen molar-refractivity contribution in [2.75, 3.05) is 0 Å². The Balaban J connectivity index is 1.29. The highest BCUT2D eigenvalue weighted by atomic mass is 15.2. The number of aromatic nitrogens is 4. The fourth-order valence-corrected chi connectivity index (χ4v) is 7.50. The van der Waals surface area contributed by atoms with Crippen molar-refractivity contribution in [3.63, 3.8) is 0 Å². The second-order valence-electron chi connectivity index (χ2n) is 16.0. The van der Waals surface area contributed by atoms with E-state index in [2.05, 4.69) is 169 Å². The van der Waals surface area contributed by atoms with Crippen LogP contribution in [0.2, 0.25) is 0 Å². The third-order valence-electron chi connectivity index (χ3n) is 10.1. The summed E-state index contributed by atoms with van der Waals surface area (Å²) >= 11 is 0. The van der Waals surface area contributed by atoms with E-state index in [4.69, 9.17) is 15.0 Å². The number of rotatable bonds is 3. The summed E-state index contributed by atoms with van der Waals surface area (Å²) in [6, 6.07) is 30.6. The van der Waals surface area contributed by atoms with Crippen LogP contribution < -0.4 is 10.4 Å². The quantitative estimate of drug-likeness (QED) is 0.197. The van der Waals surface area contributed by atoms with Gasteiger partial charge in [0.15, 0.2) is 11.6 Å². The Kier molecular flexibility index (Phi) is 6.59. The van der Waals surface area contributed by atoms with Crippen LogP contribution in [0.3, 0.4) is 0 Å². The lowest BCUT2D eigenvalue weighted by atomic mass is 9.70. The summed E-state index contributed by atoms with van der Waals surface area (Å²) in [5.74, 6) is 1.92. The first-order chi connectivity index (χ1) is 22.8. The Hall–Kier alpha value is -5.09. The molecular formula is C44H42N4. The first-order valence-electron chi connectivity index (χ1n) is 16.9. The number of fused-ring (bicyclic) bond motifs is 5. The van der Waals surface area contributed by atoms with E-state index in [-0.39, 0.29) is 16.2 Å². The van der Waals surface area contributed by atoms with Crippen molar-refractivity contribution in [1.29, 1.82) is 0 Å². The molecule has 0 atom stereocenters. The molecule has 0 saturated heterocycles. The standard InChI is InChI=1S/C44H42N4/c1-42(2,3)33-17-13-27(14-18-33)39-45-40(28-15-19-34(20-16-28)43(4,5)6)47-41(46-39)48-22-21-30-24-32-25-31-23-29-11-9-10-12-35(29)37(31)44(7,8)38(32)36(30)26-48/h9-26H,1-8H3. The van der Waals surface area contributed by atoms with Gasteiger partial charge in [0.05, 0.1) is 0 Å². The molecule has 0 fully saturated rings. The molecular weight excluding hydrogens is 585 g/mol. The second-order valence-corrected chi connectivity index (χ2v) is 16.0. The zero-order valence-electron chi connectivity index (χ0n) is 29.2. The number of pyridine rings is 1. The Labute approximate surface area is 283 Å². The smallest absolute Gasteiger partial charge is 0.237 e. The third-order valence-corrected chi connectivity index (χ3v) is 10.1. The van der Waals surface area contributed by atoms with E-state index in [1.807, 2.05) is 0 Å². The van der Waals surface area contributed by atoms with Gasteiger partial charge in [0.1, 0.15) is 0 Å². The van der Waals surface area contributed by atoms with E-state index in [1.165, 1.54) is 55.0 Å². The molecule has 238 valence electrons. The molecule has 3 aromatic carbocycles. The van der Waals surface area contributed by atoms with Gasteiger partial charge in [-0.15, -0.1) is 0 Å². The van der Waals surface area contributed by atoms with E-state index in [1.54, 1.807) is 0 Å². The monoisotopic (exact) mass is 626 g/mol. The molecule has 4 heteroatoms. The number of benzene rings is 3. The molecule has 0 bridgehead atoms. The average molecular weight is 627 g/mol. The van der Waals surface area contributed by atoms with Crippen molar-refractivity contribution >= 4 is 17.7 Å². The largest absolute Gasteiger partial charge is 0.292 e. The number of allylic oxidation sites excluding steroid dienone is 1. The first kappa shape index (κ1) is 30.3. The summed E-state index contributed by atoms with van der Waals surface area (Å²) in [6.07, 6.45) is 9.00. The predicted octanol–water partition coefficient (Wildman–Crippen LogP) is 9.02. The van der Waals surface area contributed by atoms with E-state index in [0.29, 0.717) is 17.6 Å². The Morgan fingerprint density at radius 3 is 1.79 bits per heavy atom. The molecule has 4 nitrogen and oxygen atoms in total. The van der Waals surface area contributed by atoms with Gasteiger partial charge in [-0.1, -0.05) is 128 Å². The van der Waals surface area contributed by atoms with Crippen molar-refractivity contribution in [2.24, 2.45) is 0 Å². The first-order valence-corrected chi connectivity index (χ1v) is 16.9. The molecule has 48 heavy (non-hydrogen) atoms. The molecule has 4 aliphatic rings. The highest BCUT2D eigenvalue weighted by molar-refractivity contribution is 6.00. The SMILES string of the molecule is CC(C)(C)c1ccc(-c2nc(-c3ccc(C(C)(C)C)cc3)nc(-n3ccc4cc5c(c-4c3)C(C)(C)C3=c4ccccc4=CC3=C5)n2)cc1. The maximum Gasteiger partial charge on any atom is 0.237 e. The van der Waals surface area contributed by atoms with Crippen molar-refractivity contribution in [2.45, 2.75) is 71.6 Å². The maximum atomic E-state index is 5.09. The summed E-state index contributed by atoms with van der Waals surface area (Å²) < 4.78 is 2.07. The van der Waals surface area contributed by atoms with Gasteiger partial charge in [-0.05, 0) is 84.5 Å². The normalized spacial score (nSPS) is 15.1. The van der Waals surface area contributed by atoms with Crippen LogP contribution in [0.5, 0.6) is 0 Å². The minimum absolute atomic E-state index is 0.0628. The molecule has 3 aliphatic carbocycles. The number of hydrogen-bond acceptors (Lipinski definition) is 3. The minimum Gasteiger partial charge on any atom is -0.292 e. The van der Waals surface area contributed by atoms with Crippen LogP contribution in [-0.4, -0.2) is 19.5 Å². The lowest BCUT2D eigenvalue weighted by Crippen LogP contribution is -2.31. The lowest BCUT2D eigenvalue weighted by Gasteiger charge is -2.33. The molecule has 0 unspecified atom stereocenters. The summed E-state index contributed by atoms with van der Waals surface area (Å²) in [5.41, 5.74) is 12.2. The predicted molar refractivity (Wildman–Crippen MR) is 199 cm³/mol. The van der Waals surface area contributed by atoms with Gasteiger partial charge in [-0.25, -0.2) is 4.98 Å². The number of hydrogen-bond donors (Lipinski definition) is 0. The average Bonchev–Trinajstić information content (AvgIpc) is 3.62. The van der Waals surface area contributed by atoms with Crippen molar-refractivity contribution in [3.05, 3.63) is 136 Å². The molecule has 1 aromatic heterocycles. The topological polar surface area (TPSA) is 43.6 Å². The van der Waals surface area contributed by atoms with Crippen LogP contribution in [0, 0.1) is 0 Å². The Morgan fingerprint density at radius 1 is 0.625 bits per heavy atom. The third kappa shape index (κ3) is 4.93. The van der Waals surface area contributed by atoms with Gasteiger partial charge >= 0.3 is 0 Å². The molecule has 0 radical (unpaired) electrons. The molecule has 0 amide bonds. The molecule has 0 saturated carbocycles. The summed E-state index contributed by atoms with van der Waals surface area (Å²) in [4.78, 5) is 15.2. The summed E-state index contributed by atoms with van der Waals surface area (Å²) in [6.45, 7) is 18.1. The summed E-state index contributed by atoms with van der Waals surface area (Å²) in [5, 5.41) is 2.63. The molecule has 1 aliphatic heterocycles. The Morgan fingerprint density at radius 2 is 1.21 bits per heavy atom. The maximum absolute atomic E-state index is 5.09. The van der Waals surface area contributed by atoms with Crippen LogP contribution >= 0.6 is 0 Å². The molecule has 8 rings (SSSR count). The van der Waals surface area contributed by atoms with E-state index in [9.17, 15) is 0 Å². The van der Waals surface area contributed by atoms with Crippen molar-refractivity contribution in [3.8, 4) is 39.9 Å². The van der Waals surface area contributed by atoms with Crippen LogP contribution in [0.15, 0.2) is 103 Å². The van der Waals surface area contributed by atoms with Gasteiger partial charge in [0.25, 0.3) is 0 Å². The molecule has 0 N–H and O–H groups in total. The van der Waals surface area contributed by atoms with E-state index in [0.717, 1.165) is 11.1 Å². The van der Waals surface area contributed by atoms with E-state index >= 15 is 0 Å². The van der Waals surface area contributed by atoms with Crippen molar-refractivity contribution in [1.82, 2.24) is 19.5 Å². The minimum atomic E-state index is -0.178. The van der Waals surface area contributed by atoms with Crippen LogP contribution in [0.1, 0.15) is 77.6 Å². The summed E-state index contributed by atoms with van der Waals surface area (Å²) in [7, 11) is 0. The van der Waals surface area contributed by atoms with Gasteiger partial charge in [-0.3, -0.25) is 4.57 Å². The van der Waals surface area contributed by atoms with Crippen LogP contribution in [0.4, 0.5) is 0 Å². The second kappa shape index (κ2) is 10.5. The van der Waals surface area contributed by atoms with Gasteiger partial charge in [0.2, 0.25) is 5.95 Å².